The normalized spacial score (nSPS) is 15.5. The lowest BCUT2D eigenvalue weighted by atomic mass is 9.96. The van der Waals surface area contributed by atoms with Gasteiger partial charge in [-0.2, -0.15) is 4.68 Å². The standard InChI is InChI=1S/C20H21N7/c1-14-6-8-16(9-7-14)27-20(23-24-25-27)26-12-10-15(11-13-26)19-21-17-4-2-3-5-18(17)22-19/h2-9,15H,10-13H2,1H3,(H,21,22). The Morgan fingerprint density at radius 1 is 1.00 bits per heavy atom. The van der Waals surface area contributed by atoms with Gasteiger partial charge in [-0.25, -0.2) is 4.98 Å². The third-order valence-corrected chi connectivity index (χ3v) is 5.30. The van der Waals surface area contributed by atoms with Gasteiger partial charge in [0, 0.05) is 19.0 Å². The topological polar surface area (TPSA) is 75.5 Å². The van der Waals surface area contributed by atoms with Crippen LogP contribution in [-0.2, 0) is 0 Å². The number of hydrogen-bond acceptors (Lipinski definition) is 5. The molecule has 1 aliphatic rings. The minimum Gasteiger partial charge on any atom is -0.342 e. The average molecular weight is 359 g/mol. The molecule has 0 unspecified atom stereocenters. The van der Waals surface area contributed by atoms with E-state index < -0.39 is 0 Å². The molecule has 1 N–H and O–H groups in total. The summed E-state index contributed by atoms with van der Waals surface area (Å²) in [7, 11) is 0. The Bertz CT molecular complexity index is 1020. The summed E-state index contributed by atoms with van der Waals surface area (Å²) >= 11 is 0. The lowest BCUT2D eigenvalue weighted by molar-refractivity contribution is 0.482. The maximum atomic E-state index is 4.78. The molecule has 1 saturated heterocycles. The minimum absolute atomic E-state index is 0.442. The predicted octanol–water partition coefficient (Wildman–Crippen LogP) is 3.23. The van der Waals surface area contributed by atoms with E-state index in [1.54, 1.807) is 0 Å². The highest BCUT2D eigenvalue weighted by atomic mass is 15.6. The van der Waals surface area contributed by atoms with Crippen molar-refractivity contribution in [1.29, 1.82) is 0 Å². The van der Waals surface area contributed by atoms with E-state index in [0.717, 1.165) is 54.4 Å². The van der Waals surface area contributed by atoms with Crippen molar-refractivity contribution in [3.05, 3.63) is 59.9 Å². The molecule has 1 aliphatic heterocycles. The van der Waals surface area contributed by atoms with Gasteiger partial charge in [0.25, 0.3) is 0 Å². The molecule has 0 saturated carbocycles. The Hall–Kier alpha value is -3.22. The lowest BCUT2D eigenvalue weighted by Crippen LogP contribution is -2.35. The van der Waals surface area contributed by atoms with Gasteiger partial charge in [0.05, 0.1) is 16.7 Å². The second-order valence-corrected chi connectivity index (χ2v) is 7.13. The van der Waals surface area contributed by atoms with Gasteiger partial charge in [-0.3, -0.25) is 0 Å². The van der Waals surface area contributed by atoms with Crippen molar-refractivity contribution in [2.45, 2.75) is 25.7 Å². The first-order valence-electron chi connectivity index (χ1n) is 9.33. The molecule has 4 aromatic rings. The van der Waals surface area contributed by atoms with Crippen LogP contribution in [0.3, 0.4) is 0 Å². The van der Waals surface area contributed by atoms with Gasteiger partial charge in [-0.05, 0) is 54.5 Å². The minimum atomic E-state index is 0.442. The molecule has 2 aromatic heterocycles. The molecule has 0 bridgehead atoms. The number of aromatic amines is 1. The molecular weight excluding hydrogens is 338 g/mol. The van der Waals surface area contributed by atoms with Crippen molar-refractivity contribution in [1.82, 2.24) is 30.2 Å². The Labute approximate surface area is 157 Å². The summed E-state index contributed by atoms with van der Waals surface area (Å²) < 4.78 is 1.82. The van der Waals surface area contributed by atoms with Crippen LogP contribution < -0.4 is 4.90 Å². The van der Waals surface area contributed by atoms with Crippen LogP contribution in [0, 0.1) is 6.92 Å². The third-order valence-electron chi connectivity index (χ3n) is 5.30. The quantitative estimate of drug-likeness (QED) is 0.608. The van der Waals surface area contributed by atoms with Crippen molar-refractivity contribution in [3.63, 3.8) is 0 Å². The molecular formula is C20H21N7. The number of fused-ring (bicyclic) bond motifs is 1. The lowest BCUT2D eigenvalue weighted by Gasteiger charge is -2.31. The predicted molar refractivity (Wildman–Crippen MR) is 104 cm³/mol. The fourth-order valence-corrected chi connectivity index (χ4v) is 3.75. The molecule has 2 aromatic carbocycles. The Morgan fingerprint density at radius 3 is 2.56 bits per heavy atom. The summed E-state index contributed by atoms with van der Waals surface area (Å²) in [5, 5.41) is 12.4. The summed E-state index contributed by atoms with van der Waals surface area (Å²) in [6.07, 6.45) is 2.06. The Kier molecular flexibility index (Phi) is 3.85. The van der Waals surface area contributed by atoms with Crippen molar-refractivity contribution in [2.24, 2.45) is 0 Å². The van der Waals surface area contributed by atoms with E-state index in [1.807, 2.05) is 16.8 Å². The maximum Gasteiger partial charge on any atom is 0.250 e. The van der Waals surface area contributed by atoms with E-state index in [1.165, 1.54) is 5.56 Å². The van der Waals surface area contributed by atoms with Crippen molar-refractivity contribution in [2.75, 3.05) is 18.0 Å². The molecule has 136 valence electrons. The molecule has 0 amide bonds. The molecule has 0 spiro atoms. The number of anilines is 1. The third kappa shape index (κ3) is 2.95. The second kappa shape index (κ2) is 6.50. The van der Waals surface area contributed by atoms with Crippen LogP contribution in [0.2, 0.25) is 0 Å². The highest BCUT2D eigenvalue weighted by Crippen LogP contribution is 2.30. The first-order chi connectivity index (χ1) is 13.3. The van der Waals surface area contributed by atoms with Crippen molar-refractivity contribution in [3.8, 4) is 5.69 Å². The SMILES string of the molecule is Cc1ccc(-n2nnnc2N2CCC(c3nc4ccccc4[nH]3)CC2)cc1. The van der Waals surface area contributed by atoms with Gasteiger partial charge >= 0.3 is 0 Å². The Balaban J connectivity index is 1.34. The summed E-state index contributed by atoms with van der Waals surface area (Å²) in [5.41, 5.74) is 4.36. The number of nitrogens with zero attached hydrogens (tertiary/aromatic N) is 6. The molecule has 27 heavy (non-hydrogen) atoms. The number of benzene rings is 2. The van der Waals surface area contributed by atoms with Crippen LogP contribution in [0.1, 0.15) is 30.1 Å². The molecule has 0 aliphatic carbocycles. The smallest absolute Gasteiger partial charge is 0.250 e. The number of nitrogens with one attached hydrogen (secondary N) is 1. The van der Waals surface area contributed by atoms with Crippen LogP contribution in [0.5, 0.6) is 0 Å². The van der Waals surface area contributed by atoms with E-state index in [4.69, 9.17) is 4.98 Å². The van der Waals surface area contributed by atoms with E-state index in [-0.39, 0.29) is 0 Å². The number of para-hydroxylation sites is 2. The fraction of sp³-hybridized carbons (Fsp3) is 0.300. The molecule has 1 fully saturated rings. The number of tetrazole rings is 1. The summed E-state index contributed by atoms with van der Waals surface area (Å²) in [6, 6.07) is 16.5. The first kappa shape index (κ1) is 16.0. The van der Waals surface area contributed by atoms with Gasteiger partial charge < -0.3 is 9.88 Å². The highest BCUT2D eigenvalue weighted by molar-refractivity contribution is 5.74. The van der Waals surface area contributed by atoms with Gasteiger partial charge in [-0.15, -0.1) is 0 Å². The van der Waals surface area contributed by atoms with Gasteiger partial charge in [0.15, 0.2) is 0 Å². The molecule has 5 rings (SSSR count). The zero-order valence-corrected chi connectivity index (χ0v) is 15.2. The molecule has 3 heterocycles. The van der Waals surface area contributed by atoms with E-state index >= 15 is 0 Å². The molecule has 7 nitrogen and oxygen atoms in total. The van der Waals surface area contributed by atoms with E-state index in [0.29, 0.717) is 5.92 Å². The van der Waals surface area contributed by atoms with Crippen molar-refractivity contribution < 1.29 is 0 Å². The fourth-order valence-electron chi connectivity index (χ4n) is 3.75. The number of aryl methyl sites for hydroxylation is 1. The highest BCUT2D eigenvalue weighted by Gasteiger charge is 2.26. The number of H-pyrrole nitrogens is 1. The number of piperidine rings is 1. The summed E-state index contributed by atoms with van der Waals surface area (Å²) in [6.45, 7) is 3.90. The largest absolute Gasteiger partial charge is 0.342 e. The summed E-state index contributed by atoms with van der Waals surface area (Å²) in [4.78, 5) is 10.5. The van der Waals surface area contributed by atoms with Crippen LogP contribution >= 0.6 is 0 Å². The van der Waals surface area contributed by atoms with Crippen LogP contribution in [0.4, 0.5) is 5.95 Å². The number of aromatic nitrogens is 6. The van der Waals surface area contributed by atoms with Gasteiger partial charge in [0.1, 0.15) is 5.82 Å². The maximum absolute atomic E-state index is 4.78. The number of hydrogen-bond donors (Lipinski definition) is 1. The summed E-state index contributed by atoms with van der Waals surface area (Å²) in [5.74, 6) is 2.34. The molecule has 0 atom stereocenters. The van der Waals surface area contributed by atoms with E-state index in [2.05, 4.69) is 68.7 Å². The van der Waals surface area contributed by atoms with Gasteiger partial charge in [0.2, 0.25) is 5.95 Å². The van der Waals surface area contributed by atoms with Crippen LogP contribution in [-0.4, -0.2) is 43.3 Å². The monoisotopic (exact) mass is 359 g/mol. The molecule has 0 radical (unpaired) electrons. The van der Waals surface area contributed by atoms with Crippen LogP contribution in [0.15, 0.2) is 48.5 Å². The van der Waals surface area contributed by atoms with Crippen LogP contribution in [0.25, 0.3) is 16.7 Å². The Morgan fingerprint density at radius 2 is 1.78 bits per heavy atom. The molecule has 7 heteroatoms. The average Bonchev–Trinajstić information content (AvgIpc) is 3.36. The first-order valence-corrected chi connectivity index (χ1v) is 9.33. The second-order valence-electron chi connectivity index (χ2n) is 7.13. The number of rotatable bonds is 3. The zero-order chi connectivity index (χ0) is 18.2. The van der Waals surface area contributed by atoms with Crippen molar-refractivity contribution >= 4 is 17.0 Å². The zero-order valence-electron chi connectivity index (χ0n) is 15.2. The number of imidazole rings is 1. The van der Waals surface area contributed by atoms with E-state index in [9.17, 15) is 0 Å². The van der Waals surface area contributed by atoms with Gasteiger partial charge in [-0.1, -0.05) is 34.9 Å².